The van der Waals surface area contributed by atoms with Crippen molar-refractivity contribution in [1.82, 2.24) is 0 Å². The van der Waals surface area contributed by atoms with E-state index < -0.39 is 0 Å². The van der Waals surface area contributed by atoms with Crippen LogP contribution in [0.1, 0.15) is 18.4 Å². The minimum Gasteiger partial charge on any atom is -0.379 e. The summed E-state index contributed by atoms with van der Waals surface area (Å²) in [6.07, 6.45) is 2.66. The van der Waals surface area contributed by atoms with Crippen molar-refractivity contribution in [1.29, 1.82) is 0 Å². The average Bonchev–Trinajstić information content (AvgIpc) is 3.18. The third-order valence-electron chi connectivity index (χ3n) is 3.29. The number of nitrogens with zero attached hydrogens (tertiary/aromatic N) is 1. The van der Waals surface area contributed by atoms with Crippen molar-refractivity contribution in [3.05, 3.63) is 28.8 Å². The molecule has 0 saturated heterocycles. The van der Waals surface area contributed by atoms with E-state index in [9.17, 15) is 0 Å². The summed E-state index contributed by atoms with van der Waals surface area (Å²) in [5, 5.41) is 0.752. The van der Waals surface area contributed by atoms with E-state index in [1.807, 2.05) is 25.2 Å². The van der Waals surface area contributed by atoms with Crippen LogP contribution in [0.15, 0.2) is 18.2 Å². The molecule has 1 aliphatic carbocycles. The largest absolute Gasteiger partial charge is 0.379 e. The molecule has 100 valence electrons. The van der Waals surface area contributed by atoms with E-state index in [0.29, 0.717) is 6.54 Å². The Kier molecular flexibility index (Phi) is 4.87. The molecule has 1 aliphatic rings. The summed E-state index contributed by atoms with van der Waals surface area (Å²) >= 11 is 6.24. The van der Waals surface area contributed by atoms with Gasteiger partial charge in [0.05, 0.1) is 17.3 Å². The van der Waals surface area contributed by atoms with Crippen LogP contribution in [0, 0.1) is 5.92 Å². The molecule has 18 heavy (non-hydrogen) atoms. The third kappa shape index (κ3) is 3.61. The first-order chi connectivity index (χ1) is 8.72. The Labute approximate surface area is 114 Å². The number of hydrogen-bond donors (Lipinski definition) is 1. The summed E-state index contributed by atoms with van der Waals surface area (Å²) in [5.74, 6) is 0.815. The lowest BCUT2D eigenvalue weighted by Gasteiger charge is -2.23. The standard InChI is InChI=1S/C14H21ClN2O/c1-17(7-8-18-10-11-5-6-11)14-12(9-16)3-2-4-13(14)15/h2-4,11H,5-10,16H2,1H3. The van der Waals surface area contributed by atoms with Crippen LogP contribution in [0.3, 0.4) is 0 Å². The highest BCUT2D eigenvalue weighted by molar-refractivity contribution is 6.33. The van der Waals surface area contributed by atoms with Gasteiger partial charge in [-0.1, -0.05) is 23.7 Å². The summed E-state index contributed by atoms with van der Waals surface area (Å²) < 4.78 is 5.65. The molecular weight excluding hydrogens is 248 g/mol. The molecule has 2 rings (SSSR count). The lowest BCUT2D eigenvalue weighted by Crippen LogP contribution is -2.25. The van der Waals surface area contributed by atoms with Crippen LogP contribution >= 0.6 is 11.6 Å². The summed E-state index contributed by atoms with van der Waals surface area (Å²) in [6.45, 7) is 2.98. The Hall–Kier alpha value is -0.770. The molecule has 3 nitrogen and oxygen atoms in total. The first-order valence-electron chi connectivity index (χ1n) is 6.48. The number of rotatable bonds is 7. The van der Waals surface area contributed by atoms with Crippen molar-refractivity contribution in [3.8, 4) is 0 Å². The van der Waals surface area contributed by atoms with Gasteiger partial charge in [-0.25, -0.2) is 0 Å². The zero-order valence-electron chi connectivity index (χ0n) is 10.9. The van der Waals surface area contributed by atoms with Gasteiger partial charge < -0.3 is 15.4 Å². The minimum atomic E-state index is 0.503. The Bertz CT molecular complexity index is 393. The van der Waals surface area contributed by atoms with E-state index in [0.717, 1.165) is 41.9 Å². The lowest BCUT2D eigenvalue weighted by molar-refractivity contribution is 0.131. The van der Waals surface area contributed by atoms with E-state index in [4.69, 9.17) is 22.1 Å². The van der Waals surface area contributed by atoms with Crippen LogP contribution in [0.5, 0.6) is 0 Å². The van der Waals surface area contributed by atoms with Gasteiger partial charge in [0, 0.05) is 26.7 Å². The van der Waals surface area contributed by atoms with Crippen LogP contribution < -0.4 is 10.6 Å². The fraction of sp³-hybridized carbons (Fsp3) is 0.571. The quantitative estimate of drug-likeness (QED) is 0.773. The molecule has 1 aromatic rings. The fourth-order valence-electron chi connectivity index (χ4n) is 2.00. The molecular formula is C14H21ClN2O. The number of ether oxygens (including phenoxy) is 1. The molecule has 0 aliphatic heterocycles. The maximum absolute atomic E-state index is 6.24. The Morgan fingerprint density at radius 2 is 2.22 bits per heavy atom. The van der Waals surface area contributed by atoms with Gasteiger partial charge in [0.25, 0.3) is 0 Å². The number of para-hydroxylation sites is 1. The van der Waals surface area contributed by atoms with Gasteiger partial charge in [-0.2, -0.15) is 0 Å². The topological polar surface area (TPSA) is 38.5 Å². The second-order valence-corrected chi connectivity index (χ2v) is 5.30. The summed E-state index contributed by atoms with van der Waals surface area (Å²) in [4.78, 5) is 2.12. The van der Waals surface area contributed by atoms with E-state index in [1.54, 1.807) is 0 Å². The third-order valence-corrected chi connectivity index (χ3v) is 3.60. The predicted octanol–water partition coefficient (Wildman–Crippen LogP) is 2.66. The van der Waals surface area contributed by atoms with E-state index in [-0.39, 0.29) is 0 Å². The van der Waals surface area contributed by atoms with Crippen LogP contribution in [0.4, 0.5) is 5.69 Å². The SMILES string of the molecule is CN(CCOCC1CC1)c1c(Cl)cccc1CN. The number of likely N-dealkylation sites (N-methyl/N-ethyl adjacent to an activating group) is 1. The molecule has 0 spiro atoms. The number of nitrogens with two attached hydrogens (primary N) is 1. The first kappa shape index (κ1) is 13.7. The molecule has 2 N–H and O–H groups in total. The summed E-state index contributed by atoms with van der Waals surface area (Å²) in [6, 6.07) is 5.85. The Balaban J connectivity index is 1.88. The molecule has 0 bridgehead atoms. The Morgan fingerprint density at radius 3 is 2.89 bits per heavy atom. The van der Waals surface area contributed by atoms with Gasteiger partial charge in [-0.05, 0) is 30.4 Å². The maximum atomic E-state index is 6.24. The average molecular weight is 269 g/mol. The van der Waals surface area contributed by atoms with Gasteiger partial charge >= 0.3 is 0 Å². The highest BCUT2D eigenvalue weighted by atomic mass is 35.5. The molecule has 1 saturated carbocycles. The molecule has 4 heteroatoms. The van der Waals surface area contributed by atoms with Crippen LogP contribution in [-0.2, 0) is 11.3 Å². The Morgan fingerprint density at radius 1 is 1.44 bits per heavy atom. The highest BCUT2D eigenvalue weighted by Crippen LogP contribution is 2.30. The van der Waals surface area contributed by atoms with Gasteiger partial charge in [-0.3, -0.25) is 0 Å². The predicted molar refractivity (Wildman–Crippen MR) is 76.2 cm³/mol. The molecule has 0 amide bonds. The van der Waals surface area contributed by atoms with Crippen LogP contribution in [-0.4, -0.2) is 26.8 Å². The van der Waals surface area contributed by atoms with Gasteiger partial charge in [0.15, 0.2) is 0 Å². The normalized spacial score (nSPS) is 14.8. The van der Waals surface area contributed by atoms with E-state index in [1.165, 1.54) is 12.8 Å². The second kappa shape index (κ2) is 6.41. The molecule has 0 atom stereocenters. The van der Waals surface area contributed by atoms with Gasteiger partial charge in [0.2, 0.25) is 0 Å². The zero-order valence-corrected chi connectivity index (χ0v) is 11.6. The number of anilines is 1. The van der Waals surface area contributed by atoms with Crippen molar-refractivity contribution in [3.63, 3.8) is 0 Å². The second-order valence-electron chi connectivity index (χ2n) is 4.89. The number of hydrogen-bond acceptors (Lipinski definition) is 3. The van der Waals surface area contributed by atoms with Gasteiger partial charge in [-0.15, -0.1) is 0 Å². The van der Waals surface area contributed by atoms with Crippen molar-refractivity contribution in [2.24, 2.45) is 11.7 Å². The van der Waals surface area contributed by atoms with Crippen molar-refractivity contribution in [2.45, 2.75) is 19.4 Å². The van der Waals surface area contributed by atoms with Gasteiger partial charge in [0.1, 0.15) is 0 Å². The highest BCUT2D eigenvalue weighted by Gasteiger charge is 2.21. The molecule has 1 aromatic carbocycles. The maximum Gasteiger partial charge on any atom is 0.0642 e. The van der Waals surface area contributed by atoms with E-state index >= 15 is 0 Å². The summed E-state index contributed by atoms with van der Waals surface area (Å²) in [5.41, 5.74) is 7.84. The van der Waals surface area contributed by atoms with Crippen LogP contribution in [0.2, 0.25) is 5.02 Å². The smallest absolute Gasteiger partial charge is 0.0642 e. The number of halogens is 1. The number of benzene rings is 1. The molecule has 0 heterocycles. The fourth-order valence-corrected chi connectivity index (χ4v) is 2.34. The minimum absolute atomic E-state index is 0.503. The molecule has 0 aromatic heterocycles. The van der Waals surface area contributed by atoms with Crippen molar-refractivity contribution in [2.75, 3.05) is 31.7 Å². The summed E-state index contributed by atoms with van der Waals surface area (Å²) in [7, 11) is 2.03. The molecule has 0 radical (unpaired) electrons. The van der Waals surface area contributed by atoms with Crippen molar-refractivity contribution < 1.29 is 4.74 Å². The van der Waals surface area contributed by atoms with E-state index in [2.05, 4.69) is 4.90 Å². The monoisotopic (exact) mass is 268 g/mol. The zero-order chi connectivity index (χ0) is 13.0. The molecule has 0 unspecified atom stereocenters. The lowest BCUT2D eigenvalue weighted by atomic mass is 10.1. The molecule has 1 fully saturated rings. The van der Waals surface area contributed by atoms with Crippen molar-refractivity contribution >= 4 is 17.3 Å². The first-order valence-corrected chi connectivity index (χ1v) is 6.86. The van der Waals surface area contributed by atoms with Crippen LogP contribution in [0.25, 0.3) is 0 Å².